The third-order valence-corrected chi connectivity index (χ3v) is 8.25. The van der Waals surface area contributed by atoms with Gasteiger partial charge in [0.05, 0.1) is 42.2 Å². The highest BCUT2D eigenvalue weighted by atomic mass is 35.5. The standard InChI is InChI=1S/C31H33ClF2N6O6/c1-35-15-22-27-17-9-8-16(36-30(42)45-3)14-21(17)37-20(29(41)44-2)6-4-5-7-23(28(38-22)39-27)40-13-12-24(46-31(40)43)25-19(33)11-10-18(32)26(25)34/h8-11,14-15,20,23-24,37H,4-7,12-13H2,1-3H3,(H,36,42)(H,38,39). The third-order valence-electron chi connectivity index (χ3n) is 7.95. The summed E-state index contributed by atoms with van der Waals surface area (Å²) in [6.07, 6.45) is 1.10. The number of anilines is 2. The van der Waals surface area contributed by atoms with Gasteiger partial charge in [0.25, 0.3) is 0 Å². The fourth-order valence-corrected chi connectivity index (χ4v) is 5.90. The van der Waals surface area contributed by atoms with Gasteiger partial charge in [0.1, 0.15) is 23.8 Å². The molecule has 2 bridgehead atoms. The smallest absolute Gasteiger partial charge is 0.411 e. The van der Waals surface area contributed by atoms with Gasteiger partial charge in [-0.3, -0.25) is 15.2 Å². The number of benzene rings is 2. The van der Waals surface area contributed by atoms with Crippen molar-refractivity contribution >= 4 is 47.3 Å². The zero-order valence-electron chi connectivity index (χ0n) is 25.4. The number of H-pyrrole nitrogens is 1. The molecular formula is C31H33ClF2N6O6. The third kappa shape index (κ3) is 6.76. The second-order valence-corrected chi connectivity index (χ2v) is 11.2. The molecule has 2 amide bonds. The first kappa shape index (κ1) is 32.7. The molecule has 2 aliphatic heterocycles. The number of carbonyl (C=O) groups is 3. The van der Waals surface area contributed by atoms with Crippen molar-refractivity contribution in [3.05, 3.63) is 64.1 Å². The van der Waals surface area contributed by atoms with Gasteiger partial charge in [-0.1, -0.05) is 24.4 Å². The highest BCUT2D eigenvalue weighted by Crippen LogP contribution is 2.39. The van der Waals surface area contributed by atoms with E-state index in [2.05, 4.69) is 20.6 Å². The lowest BCUT2D eigenvalue weighted by atomic mass is 9.99. The number of esters is 1. The van der Waals surface area contributed by atoms with Crippen LogP contribution in [-0.2, 0) is 19.0 Å². The number of methoxy groups -OCH3 is 2. The number of amides is 2. The molecule has 5 rings (SSSR count). The average molecular weight is 659 g/mol. The van der Waals surface area contributed by atoms with Crippen LogP contribution in [0.4, 0.5) is 29.7 Å². The number of halogens is 3. The molecule has 0 spiro atoms. The van der Waals surface area contributed by atoms with Crippen LogP contribution in [0.25, 0.3) is 11.3 Å². The summed E-state index contributed by atoms with van der Waals surface area (Å²) >= 11 is 5.88. The fraction of sp³-hybridized carbons (Fsp3) is 0.387. The first-order valence-corrected chi connectivity index (χ1v) is 15.0. The van der Waals surface area contributed by atoms with E-state index < -0.39 is 48.0 Å². The number of aromatic nitrogens is 2. The van der Waals surface area contributed by atoms with E-state index in [-0.39, 0.29) is 23.6 Å². The predicted octanol–water partition coefficient (Wildman–Crippen LogP) is 6.39. The SMILES string of the molecule is CN=Cc1[nH]c2nc1-c1ccc(NC(=O)OC)cc1NC(C(=O)OC)CCCCC2N1CCC(c2c(F)ccc(Cl)c2F)OC1=O. The zero-order valence-corrected chi connectivity index (χ0v) is 26.1. The van der Waals surface area contributed by atoms with Gasteiger partial charge in [-0.2, -0.15) is 0 Å². The Morgan fingerprint density at radius 2 is 1.93 bits per heavy atom. The van der Waals surface area contributed by atoms with E-state index in [0.29, 0.717) is 59.8 Å². The minimum atomic E-state index is -1.16. The van der Waals surface area contributed by atoms with Gasteiger partial charge in [0, 0.05) is 43.2 Å². The van der Waals surface area contributed by atoms with Crippen LogP contribution in [0.3, 0.4) is 0 Å². The predicted molar refractivity (Wildman–Crippen MR) is 166 cm³/mol. The van der Waals surface area contributed by atoms with E-state index in [1.54, 1.807) is 31.5 Å². The van der Waals surface area contributed by atoms with Crippen LogP contribution < -0.4 is 10.6 Å². The molecule has 0 radical (unpaired) electrons. The molecule has 1 aromatic heterocycles. The number of ether oxygens (including phenoxy) is 3. The monoisotopic (exact) mass is 658 g/mol. The van der Waals surface area contributed by atoms with Crippen molar-refractivity contribution in [2.24, 2.45) is 4.99 Å². The van der Waals surface area contributed by atoms with E-state index >= 15 is 0 Å². The lowest BCUT2D eigenvalue weighted by Crippen LogP contribution is -2.42. The topological polar surface area (TPSA) is 147 Å². The summed E-state index contributed by atoms with van der Waals surface area (Å²) < 4.78 is 44.8. The number of nitrogens with zero attached hydrogens (tertiary/aromatic N) is 3. The van der Waals surface area contributed by atoms with Crippen molar-refractivity contribution in [1.82, 2.24) is 14.9 Å². The molecule has 3 unspecified atom stereocenters. The number of aromatic amines is 1. The Kier molecular flexibility index (Phi) is 10.0. The quantitative estimate of drug-likeness (QED) is 0.124. The highest BCUT2D eigenvalue weighted by molar-refractivity contribution is 6.30. The highest BCUT2D eigenvalue weighted by Gasteiger charge is 2.38. The van der Waals surface area contributed by atoms with E-state index in [9.17, 15) is 23.2 Å². The maximum Gasteiger partial charge on any atom is 0.411 e. The van der Waals surface area contributed by atoms with Gasteiger partial charge in [0.2, 0.25) is 0 Å². The molecule has 12 nitrogen and oxygen atoms in total. The molecule has 0 aliphatic carbocycles. The molecule has 0 saturated carbocycles. The number of hydrogen-bond donors (Lipinski definition) is 3. The Bertz CT molecular complexity index is 1670. The number of aliphatic imine (C=N–C) groups is 1. The van der Waals surface area contributed by atoms with Crippen LogP contribution in [0, 0.1) is 11.6 Å². The van der Waals surface area contributed by atoms with E-state index in [0.717, 1.165) is 12.1 Å². The van der Waals surface area contributed by atoms with Crippen molar-refractivity contribution in [1.29, 1.82) is 0 Å². The second-order valence-electron chi connectivity index (χ2n) is 10.8. The number of imidazole rings is 1. The van der Waals surface area contributed by atoms with Crippen LogP contribution in [0.5, 0.6) is 0 Å². The van der Waals surface area contributed by atoms with Crippen LogP contribution in [-0.4, -0.2) is 73.1 Å². The summed E-state index contributed by atoms with van der Waals surface area (Å²) in [5.41, 5.74) is 2.07. The van der Waals surface area contributed by atoms with Crippen molar-refractivity contribution in [3.8, 4) is 11.3 Å². The van der Waals surface area contributed by atoms with E-state index in [4.69, 9.17) is 30.8 Å². The van der Waals surface area contributed by atoms with Gasteiger partial charge >= 0.3 is 18.2 Å². The number of nitrogens with one attached hydrogen (secondary N) is 3. The Balaban J connectivity index is 1.54. The summed E-state index contributed by atoms with van der Waals surface area (Å²) in [7, 11) is 4.15. The second kappa shape index (κ2) is 14.1. The van der Waals surface area contributed by atoms with Crippen LogP contribution in [0.2, 0.25) is 5.02 Å². The maximum absolute atomic E-state index is 14.8. The zero-order chi connectivity index (χ0) is 33.0. The molecule has 15 heteroatoms. The molecule has 3 aromatic rings. The normalized spacial score (nSPS) is 20.1. The lowest BCUT2D eigenvalue weighted by Gasteiger charge is -2.36. The van der Waals surface area contributed by atoms with Crippen molar-refractivity contribution in [2.75, 3.05) is 38.4 Å². The molecule has 2 aromatic carbocycles. The number of carbonyl (C=O) groups excluding carboxylic acids is 3. The van der Waals surface area contributed by atoms with Gasteiger partial charge in [-0.05, 0) is 43.2 Å². The summed E-state index contributed by atoms with van der Waals surface area (Å²) in [5.74, 6) is -1.84. The van der Waals surface area contributed by atoms with Crippen LogP contribution in [0.1, 0.15) is 61.3 Å². The summed E-state index contributed by atoms with van der Waals surface area (Å²) in [5, 5.41) is 5.62. The maximum atomic E-state index is 14.8. The summed E-state index contributed by atoms with van der Waals surface area (Å²) in [4.78, 5) is 52.1. The summed E-state index contributed by atoms with van der Waals surface area (Å²) in [6, 6.07) is 5.85. The van der Waals surface area contributed by atoms with Crippen molar-refractivity contribution < 1.29 is 37.4 Å². The Morgan fingerprint density at radius 3 is 2.65 bits per heavy atom. The fourth-order valence-electron chi connectivity index (χ4n) is 5.73. The minimum Gasteiger partial charge on any atom is -0.467 e. The molecular weight excluding hydrogens is 626 g/mol. The Labute approximate surface area is 268 Å². The molecule has 3 N–H and O–H groups in total. The largest absolute Gasteiger partial charge is 0.467 e. The van der Waals surface area contributed by atoms with Crippen LogP contribution >= 0.6 is 11.6 Å². The van der Waals surface area contributed by atoms with Gasteiger partial charge in [-0.25, -0.2) is 28.1 Å². The van der Waals surface area contributed by atoms with Gasteiger partial charge < -0.3 is 24.5 Å². The molecule has 3 atom stereocenters. The Hall–Kier alpha value is -4.72. The number of rotatable bonds is 5. The molecule has 46 heavy (non-hydrogen) atoms. The molecule has 1 saturated heterocycles. The summed E-state index contributed by atoms with van der Waals surface area (Å²) in [6.45, 7) is 0.123. The van der Waals surface area contributed by atoms with E-state index in [1.807, 2.05) is 0 Å². The molecule has 3 heterocycles. The number of fused-ring (bicyclic) bond motifs is 4. The first-order chi connectivity index (χ1) is 22.1. The van der Waals surface area contributed by atoms with E-state index in [1.165, 1.54) is 19.1 Å². The van der Waals surface area contributed by atoms with Crippen molar-refractivity contribution in [2.45, 2.75) is 50.3 Å². The number of cyclic esters (lactones) is 1. The lowest BCUT2D eigenvalue weighted by molar-refractivity contribution is -0.141. The minimum absolute atomic E-state index is 0.112. The average Bonchev–Trinajstić information content (AvgIpc) is 3.45. The first-order valence-electron chi connectivity index (χ1n) is 14.6. The molecule has 244 valence electrons. The van der Waals surface area contributed by atoms with Gasteiger partial charge in [-0.15, -0.1) is 0 Å². The van der Waals surface area contributed by atoms with Crippen molar-refractivity contribution in [3.63, 3.8) is 0 Å². The Morgan fingerprint density at radius 1 is 1.15 bits per heavy atom. The van der Waals surface area contributed by atoms with Crippen LogP contribution in [0.15, 0.2) is 35.3 Å². The molecule has 1 fully saturated rings. The van der Waals surface area contributed by atoms with Gasteiger partial charge in [0.15, 0.2) is 5.82 Å². The number of hydrogen-bond acceptors (Lipinski definition) is 9. The molecule has 2 aliphatic rings.